The zero-order valence-corrected chi connectivity index (χ0v) is 7.46. The van der Waals surface area contributed by atoms with Gasteiger partial charge in [-0.3, -0.25) is 9.48 Å². The molecule has 0 saturated heterocycles. The lowest BCUT2D eigenvalue weighted by atomic mass is 9.74. The Bertz CT molecular complexity index is 341. The maximum atomic E-state index is 12.7. The Morgan fingerprint density at radius 2 is 2.38 bits per heavy atom. The van der Waals surface area contributed by atoms with Gasteiger partial charge in [0.2, 0.25) is 0 Å². The van der Waals surface area contributed by atoms with E-state index in [1.165, 1.54) is 10.9 Å². The standard InChI is InChI=1S/C9H11FN2O/c1-7(13)9(3-2-4-9)12-6-8(10)5-11-12/h5-6H,2-4H2,1H3. The first kappa shape index (κ1) is 8.41. The maximum absolute atomic E-state index is 12.7. The predicted octanol–water partition coefficient (Wildman–Crippen LogP) is 1.49. The summed E-state index contributed by atoms with van der Waals surface area (Å²) in [6.07, 6.45) is 5.01. The second-order valence-electron chi connectivity index (χ2n) is 3.54. The van der Waals surface area contributed by atoms with Gasteiger partial charge in [-0.2, -0.15) is 5.10 Å². The average Bonchev–Trinajstić information content (AvgIpc) is 2.32. The minimum Gasteiger partial charge on any atom is -0.297 e. The third-order valence-electron chi connectivity index (χ3n) is 2.83. The summed E-state index contributed by atoms with van der Waals surface area (Å²) >= 11 is 0. The zero-order valence-electron chi connectivity index (χ0n) is 7.46. The Kier molecular flexibility index (Phi) is 1.71. The molecule has 1 aromatic rings. The highest BCUT2D eigenvalue weighted by Crippen LogP contribution is 2.39. The number of aromatic nitrogens is 2. The van der Waals surface area contributed by atoms with Crippen LogP contribution < -0.4 is 0 Å². The molecule has 1 heterocycles. The van der Waals surface area contributed by atoms with Gasteiger partial charge in [-0.15, -0.1) is 0 Å². The minimum absolute atomic E-state index is 0.0712. The van der Waals surface area contributed by atoms with E-state index in [9.17, 15) is 9.18 Å². The lowest BCUT2D eigenvalue weighted by Crippen LogP contribution is -2.47. The van der Waals surface area contributed by atoms with Crippen molar-refractivity contribution in [2.75, 3.05) is 0 Å². The van der Waals surface area contributed by atoms with Crippen LogP contribution in [0.1, 0.15) is 26.2 Å². The van der Waals surface area contributed by atoms with Gasteiger partial charge in [0.15, 0.2) is 11.6 Å². The lowest BCUT2D eigenvalue weighted by molar-refractivity contribution is -0.130. The highest BCUT2D eigenvalue weighted by Gasteiger charge is 2.44. The van der Waals surface area contributed by atoms with Gasteiger partial charge in [-0.05, 0) is 26.2 Å². The molecule has 1 aliphatic carbocycles. The average molecular weight is 182 g/mol. The molecular weight excluding hydrogens is 171 g/mol. The van der Waals surface area contributed by atoms with Crippen molar-refractivity contribution < 1.29 is 9.18 Å². The van der Waals surface area contributed by atoms with Gasteiger partial charge in [0.25, 0.3) is 0 Å². The number of halogens is 1. The Hall–Kier alpha value is -1.19. The number of carbonyl (C=O) groups excluding carboxylic acids is 1. The van der Waals surface area contributed by atoms with Crippen molar-refractivity contribution in [3.8, 4) is 0 Å². The van der Waals surface area contributed by atoms with Crippen LogP contribution in [0.15, 0.2) is 12.4 Å². The van der Waals surface area contributed by atoms with Crippen molar-refractivity contribution in [1.82, 2.24) is 9.78 Å². The van der Waals surface area contributed by atoms with Crippen molar-refractivity contribution >= 4 is 5.78 Å². The SMILES string of the molecule is CC(=O)C1(n2cc(F)cn2)CCC1. The second kappa shape index (κ2) is 2.65. The van der Waals surface area contributed by atoms with E-state index in [0.717, 1.165) is 25.5 Å². The van der Waals surface area contributed by atoms with Gasteiger partial charge < -0.3 is 0 Å². The molecule has 0 spiro atoms. The third kappa shape index (κ3) is 1.08. The summed E-state index contributed by atoms with van der Waals surface area (Å²) < 4.78 is 14.2. The highest BCUT2D eigenvalue weighted by molar-refractivity contribution is 5.85. The molecule has 0 atom stereocenters. The Morgan fingerprint density at radius 3 is 2.69 bits per heavy atom. The molecule has 13 heavy (non-hydrogen) atoms. The fraction of sp³-hybridized carbons (Fsp3) is 0.556. The summed E-state index contributed by atoms with van der Waals surface area (Å²) in [4.78, 5) is 11.4. The molecule has 0 amide bonds. The van der Waals surface area contributed by atoms with Gasteiger partial charge in [0.1, 0.15) is 5.54 Å². The molecule has 1 fully saturated rings. The number of ketones is 1. The molecule has 4 heteroatoms. The normalized spacial score (nSPS) is 19.5. The summed E-state index contributed by atoms with van der Waals surface area (Å²) in [6, 6.07) is 0. The molecular formula is C9H11FN2O. The molecule has 0 aliphatic heterocycles. The van der Waals surface area contributed by atoms with E-state index in [1.54, 1.807) is 6.92 Å². The monoisotopic (exact) mass is 182 g/mol. The van der Waals surface area contributed by atoms with Crippen molar-refractivity contribution in [3.05, 3.63) is 18.2 Å². The van der Waals surface area contributed by atoms with Gasteiger partial charge >= 0.3 is 0 Å². The summed E-state index contributed by atoms with van der Waals surface area (Å²) in [6.45, 7) is 1.54. The first-order valence-electron chi connectivity index (χ1n) is 4.37. The number of carbonyl (C=O) groups is 1. The lowest BCUT2D eigenvalue weighted by Gasteiger charge is -2.39. The molecule has 3 nitrogen and oxygen atoms in total. The van der Waals surface area contributed by atoms with E-state index in [1.807, 2.05) is 0 Å². The van der Waals surface area contributed by atoms with E-state index < -0.39 is 5.54 Å². The summed E-state index contributed by atoms with van der Waals surface area (Å²) in [7, 11) is 0. The van der Waals surface area contributed by atoms with Gasteiger partial charge in [-0.25, -0.2) is 4.39 Å². The first-order chi connectivity index (χ1) is 6.15. The quantitative estimate of drug-likeness (QED) is 0.694. The van der Waals surface area contributed by atoms with Crippen LogP contribution in [0, 0.1) is 5.82 Å². The molecule has 0 N–H and O–H groups in total. The molecule has 1 aliphatic rings. The van der Waals surface area contributed by atoms with Crippen LogP contribution in [0.2, 0.25) is 0 Å². The zero-order chi connectivity index (χ0) is 9.47. The predicted molar refractivity (Wildman–Crippen MR) is 44.7 cm³/mol. The van der Waals surface area contributed by atoms with Gasteiger partial charge in [-0.1, -0.05) is 0 Å². The molecule has 1 saturated carbocycles. The number of rotatable bonds is 2. The van der Waals surface area contributed by atoms with Crippen LogP contribution in [0.5, 0.6) is 0 Å². The summed E-state index contributed by atoms with van der Waals surface area (Å²) in [5, 5.41) is 3.85. The Labute approximate surface area is 75.5 Å². The number of hydrogen-bond acceptors (Lipinski definition) is 2. The molecule has 0 aromatic carbocycles. The van der Waals surface area contributed by atoms with Crippen molar-refractivity contribution in [1.29, 1.82) is 0 Å². The van der Waals surface area contributed by atoms with Crippen LogP contribution in [0.3, 0.4) is 0 Å². The summed E-state index contributed by atoms with van der Waals surface area (Å²) in [5.41, 5.74) is -0.537. The number of nitrogens with zero attached hydrogens (tertiary/aromatic N) is 2. The number of Topliss-reactive ketones (excluding diaryl/α,β-unsaturated/α-hetero) is 1. The fourth-order valence-electron chi connectivity index (χ4n) is 1.79. The third-order valence-corrected chi connectivity index (χ3v) is 2.83. The molecule has 70 valence electrons. The van der Waals surface area contributed by atoms with Gasteiger partial charge in [0.05, 0.1) is 12.4 Å². The molecule has 0 unspecified atom stereocenters. The maximum Gasteiger partial charge on any atom is 0.161 e. The van der Waals surface area contributed by atoms with Crippen LogP contribution >= 0.6 is 0 Å². The van der Waals surface area contributed by atoms with Crippen molar-refractivity contribution in [2.24, 2.45) is 0 Å². The number of hydrogen-bond donors (Lipinski definition) is 0. The Morgan fingerprint density at radius 1 is 1.69 bits per heavy atom. The van der Waals surface area contributed by atoms with E-state index in [0.29, 0.717) is 0 Å². The van der Waals surface area contributed by atoms with E-state index >= 15 is 0 Å². The topological polar surface area (TPSA) is 34.9 Å². The largest absolute Gasteiger partial charge is 0.297 e. The van der Waals surface area contributed by atoms with Gasteiger partial charge in [0, 0.05) is 0 Å². The van der Waals surface area contributed by atoms with Crippen LogP contribution in [-0.2, 0) is 10.3 Å². The van der Waals surface area contributed by atoms with Crippen molar-refractivity contribution in [2.45, 2.75) is 31.7 Å². The highest BCUT2D eigenvalue weighted by atomic mass is 19.1. The molecule has 1 aromatic heterocycles. The van der Waals surface area contributed by atoms with E-state index in [2.05, 4.69) is 5.10 Å². The second-order valence-corrected chi connectivity index (χ2v) is 3.54. The van der Waals surface area contributed by atoms with Crippen molar-refractivity contribution in [3.63, 3.8) is 0 Å². The smallest absolute Gasteiger partial charge is 0.161 e. The Balaban J connectivity index is 2.37. The van der Waals surface area contributed by atoms with E-state index in [-0.39, 0.29) is 11.6 Å². The minimum atomic E-state index is -0.537. The summed E-state index contributed by atoms with van der Waals surface area (Å²) in [5.74, 6) is -0.311. The van der Waals surface area contributed by atoms with E-state index in [4.69, 9.17) is 0 Å². The fourth-order valence-corrected chi connectivity index (χ4v) is 1.79. The first-order valence-corrected chi connectivity index (χ1v) is 4.37. The molecule has 0 bridgehead atoms. The molecule has 2 rings (SSSR count). The van der Waals surface area contributed by atoms with Crippen LogP contribution in [-0.4, -0.2) is 15.6 Å². The molecule has 0 radical (unpaired) electrons. The van der Waals surface area contributed by atoms with Crippen LogP contribution in [0.25, 0.3) is 0 Å². The van der Waals surface area contributed by atoms with Crippen LogP contribution in [0.4, 0.5) is 4.39 Å².